The van der Waals surface area contributed by atoms with Crippen LogP contribution in [0.15, 0.2) is 36.5 Å². The van der Waals surface area contributed by atoms with E-state index in [4.69, 9.17) is 14.8 Å². The minimum absolute atomic E-state index is 0.0559. The first-order valence-corrected chi connectivity index (χ1v) is 22.4. The Hall–Kier alpha value is -3.67. The number of halogens is 1. The molecule has 2 aromatic heterocycles. The second kappa shape index (κ2) is 14.0. The summed E-state index contributed by atoms with van der Waals surface area (Å²) in [7, 11) is -3.10. The summed E-state index contributed by atoms with van der Waals surface area (Å²) in [4.78, 5) is 33.0. The quantitative estimate of drug-likeness (QED) is 0.121. The van der Waals surface area contributed by atoms with Crippen LogP contribution in [-0.4, -0.2) is 61.9 Å². The summed E-state index contributed by atoms with van der Waals surface area (Å²) in [6.07, 6.45) is 2.60. The van der Waals surface area contributed by atoms with E-state index in [9.17, 15) is 14.0 Å². The van der Waals surface area contributed by atoms with E-state index in [1.165, 1.54) is 24.3 Å². The molecule has 2 amide bonds. The zero-order valence-electron chi connectivity index (χ0n) is 26.4. The maximum absolute atomic E-state index is 13.8. The lowest BCUT2D eigenvalue weighted by Crippen LogP contribution is -2.39. The molecule has 44 heavy (non-hydrogen) atoms. The average molecular weight is 638 g/mol. The summed E-state index contributed by atoms with van der Waals surface area (Å²) >= 11 is 0. The van der Waals surface area contributed by atoms with Crippen LogP contribution >= 0.6 is 0 Å². The average Bonchev–Trinajstić information content (AvgIpc) is 3.35. The number of carbonyl (C=O) groups is 2. The molecule has 0 radical (unpaired) electrons. The van der Waals surface area contributed by atoms with Gasteiger partial charge in [-0.1, -0.05) is 45.2 Å². The number of rotatable bonds is 10. The van der Waals surface area contributed by atoms with Gasteiger partial charge in [-0.3, -0.25) is 4.79 Å². The Balaban J connectivity index is 1.73. The molecule has 1 aromatic carbocycles. The minimum Gasteiger partial charge on any atom is -0.465 e. The topological polar surface area (TPSA) is 128 Å². The fraction of sp³-hybridized carbons (Fsp3) is 0.469. The number of benzene rings is 1. The Morgan fingerprint density at radius 2 is 1.75 bits per heavy atom. The standard InChI is InChI=1S/C32H44FN5O4Si2/c1-43(2,3)17-15-25-19-26-28(35-22-11-13-24(14-12-22)38-32(40)41)27(20-34-30(26)36-25)29(42-16-18-44(4,5)6)31(39)37-23-9-7-21(33)8-10-23/h7-10,19-20,22,24,29,38H,11-14,16,18H2,1-6H3,(H,37,39)(H,40,41)(H2,34,35,36). The molecular weight excluding hydrogens is 594 g/mol. The molecule has 12 heteroatoms. The molecule has 0 saturated heterocycles. The normalized spacial score (nSPS) is 17.8. The number of aromatic amines is 1. The van der Waals surface area contributed by atoms with E-state index in [0.29, 0.717) is 36.3 Å². The van der Waals surface area contributed by atoms with Gasteiger partial charge >= 0.3 is 6.09 Å². The van der Waals surface area contributed by atoms with E-state index in [-0.39, 0.29) is 23.8 Å². The Morgan fingerprint density at radius 1 is 1.09 bits per heavy atom. The van der Waals surface area contributed by atoms with Gasteiger partial charge in [0.15, 0.2) is 6.10 Å². The maximum atomic E-state index is 13.8. The number of pyridine rings is 1. The molecule has 0 bridgehead atoms. The number of H-pyrrole nitrogens is 1. The van der Waals surface area contributed by atoms with Crippen molar-refractivity contribution < 1.29 is 23.8 Å². The number of fused-ring (bicyclic) bond motifs is 1. The summed E-state index contributed by atoms with van der Waals surface area (Å²) < 4.78 is 19.9. The lowest BCUT2D eigenvalue weighted by Gasteiger charge is -2.31. The zero-order chi connectivity index (χ0) is 32.1. The minimum atomic E-state index is -1.63. The monoisotopic (exact) mass is 637 g/mol. The molecule has 1 aliphatic carbocycles. The van der Waals surface area contributed by atoms with Crippen LogP contribution in [0.5, 0.6) is 0 Å². The molecule has 1 atom stereocenters. The van der Waals surface area contributed by atoms with Crippen molar-refractivity contribution in [3.63, 3.8) is 0 Å². The molecule has 1 unspecified atom stereocenters. The van der Waals surface area contributed by atoms with Gasteiger partial charge in [0.1, 0.15) is 19.5 Å². The van der Waals surface area contributed by atoms with Gasteiger partial charge in [-0.25, -0.2) is 14.2 Å². The van der Waals surface area contributed by atoms with Crippen LogP contribution in [0.1, 0.15) is 43.0 Å². The molecule has 2 heterocycles. The Bertz CT molecular complexity index is 1530. The van der Waals surface area contributed by atoms with Crippen LogP contribution in [0.3, 0.4) is 0 Å². The lowest BCUT2D eigenvalue weighted by molar-refractivity contribution is -0.127. The van der Waals surface area contributed by atoms with Crippen LogP contribution in [0.2, 0.25) is 45.3 Å². The van der Waals surface area contributed by atoms with Crippen LogP contribution < -0.4 is 16.0 Å². The Kier molecular flexibility index (Phi) is 10.5. The van der Waals surface area contributed by atoms with E-state index >= 15 is 0 Å². The second-order valence-corrected chi connectivity index (χ2v) is 24.1. The fourth-order valence-corrected chi connectivity index (χ4v) is 6.30. The van der Waals surface area contributed by atoms with E-state index in [1.807, 2.05) is 6.07 Å². The fourth-order valence-electron chi connectivity index (χ4n) is 5.06. The van der Waals surface area contributed by atoms with E-state index in [0.717, 1.165) is 35.7 Å². The van der Waals surface area contributed by atoms with Gasteiger partial charge < -0.3 is 30.8 Å². The number of carboxylic acid groups (broad SMARTS) is 1. The SMILES string of the molecule is C[Si](C)(C)C#Cc1cc2c(NC3CCC(NC(=O)O)CC3)c(C(OCC[Si](C)(C)C)C(=O)Nc3ccc(F)cc3)cnc2[nH]1. The molecule has 9 nitrogen and oxygen atoms in total. The Labute approximate surface area is 260 Å². The van der Waals surface area contributed by atoms with Gasteiger partial charge in [-0.05, 0) is 62.1 Å². The molecular formula is C32H44FN5O4Si2. The first kappa shape index (κ1) is 33.2. The number of aromatic nitrogens is 2. The highest BCUT2D eigenvalue weighted by Gasteiger charge is 2.30. The van der Waals surface area contributed by atoms with E-state index in [1.54, 1.807) is 6.20 Å². The molecule has 1 saturated carbocycles. The number of ether oxygens (including phenoxy) is 1. The number of hydrogen-bond donors (Lipinski definition) is 5. The van der Waals surface area contributed by atoms with Crippen molar-refractivity contribution in [2.75, 3.05) is 17.2 Å². The highest BCUT2D eigenvalue weighted by Crippen LogP contribution is 2.36. The van der Waals surface area contributed by atoms with Gasteiger partial charge in [-0.15, -0.1) is 5.54 Å². The van der Waals surface area contributed by atoms with Crippen molar-refractivity contribution in [1.29, 1.82) is 0 Å². The molecule has 0 aliphatic heterocycles. The number of anilines is 2. The molecule has 5 N–H and O–H groups in total. The molecule has 3 aromatic rings. The zero-order valence-corrected chi connectivity index (χ0v) is 28.4. The Morgan fingerprint density at radius 3 is 2.36 bits per heavy atom. The van der Waals surface area contributed by atoms with Gasteiger partial charge in [-0.2, -0.15) is 0 Å². The molecule has 1 fully saturated rings. The third kappa shape index (κ3) is 9.67. The molecule has 4 rings (SSSR count). The third-order valence-electron chi connectivity index (χ3n) is 7.43. The van der Waals surface area contributed by atoms with Crippen molar-refractivity contribution in [3.05, 3.63) is 53.6 Å². The summed E-state index contributed by atoms with van der Waals surface area (Å²) in [5.74, 6) is 2.51. The first-order valence-electron chi connectivity index (χ1n) is 15.2. The third-order valence-corrected chi connectivity index (χ3v) is 10.0. The van der Waals surface area contributed by atoms with E-state index < -0.39 is 28.3 Å². The van der Waals surface area contributed by atoms with E-state index in [2.05, 4.69) is 71.7 Å². The summed E-state index contributed by atoms with van der Waals surface area (Å²) in [5.41, 5.74) is 6.60. The predicted molar refractivity (Wildman–Crippen MR) is 179 cm³/mol. The molecule has 236 valence electrons. The number of carbonyl (C=O) groups excluding carboxylic acids is 1. The maximum Gasteiger partial charge on any atom is 0.404 e. The predicted octanol–water partition coefficient (Wildman–Crippen LogP) is 6.96. The number of nitrogens with zero attached hydrogens (tertiary/aromatic N) is 1. The van der Waals surface area contributed by atoms with Crippen LogP contribution in [0.4, 0.5) is 20.6 Å². The summed E-state index contributed by atoms with van der Waals surface area (Å²) in [5, 5.41) is 19.2. The molecule has 1 aliphatic rings. The van der Waals surface area contributed by atoms with Crippen molar-refractivity contribution in [1.82, 2.24) is 15.3 Å². The van der Waals surface area contributed by atoms with Crippen LogP contribution in [0.25, 0.3) is 11.0 Å². The molecule has 0 spiro atoms. The summed E-state index contributed by atoms with van der Waals surface area (Å²) in [6.45, 7) is 13.7. The number of amides is 2. The highest BCUT2D eigenvalue weighted by atomic mass is 28.3. The first-order chi connectivity index (χ1) is 20.7. The largest absolute Gasteiger partial charge is 0.465 e. The second-order valence-electron chi connectivity index (χ2n) is 13.7. The van der Waals surface area contributed by atoms with Crippen LogP contribution in [-0.2, 0) is 9.53 Å². The van der Waals surface area contributed by atoms with Crippen molar-refractivity contribution >= 4 is 50.6 Å². The van der Waals surface area contributed by atoms with Gasteiger partial charge in [0.25, 0.3) is 5.91 Å². The number of hydrogen-bond acceptors (Lipinski definition) is 5. The van der Waals surface area contributed by atoms with Crippen molar-refractivity contribution in [2.24, 2.45) is 0 Å². The lowest BCUT2D eigenvalue weighted by atomic mass is 9.90. The number of nitrogens with one attached hydrogen (secondary N) is 4. The van der Waals surface area contributed by atoms with Crippen molar-refractivity contribution in [2.45, 2.75) is 89.2 Å². The van der Waals surface area contributed by atoms with Gasteiger partial charge in [0, 0.05) is 49.6 Å². The highest BCUT2D eigenvalue weighted by molar-refractivity contribution is 6.83. The smallest absolute Gasteiger partial charge is 0.404 e. The van der Waals surface area contributed by atoms with Gasteiger partial charge in [0.2, 0.25) is 0 Å². The van der Waals surface area contributed by atoms with Crippen molar-refractivity contribution in [3.8, 4) is 11.5 Å². The van der Waals surface area contributed by atoms with Gasteiger partial charge in [0.05, 0.1) is 11.4 Å². The van der Waals surface area contributed by atoms with Crippen LogP contribution in [0, 0.1) is 17.3 Å². The summed E-state index contributed by atoms with van der Waals surface area (Å²) in [6, 6.07) is 8.45.